The first-order valence-corrected chi connectivity index (χ1v) is 6.11. The van der Waals surface area contributed by atoms with Gasteiger partial charge in [0.2, 0.25) is 5.91 Å². The highest BCUT2D eigenvalue weighted by atomic mass is 19.1. The predicted molar refractivity (Wildman–Crippen MR) is 64.9 cm³/mol. The maximum absolute atomic E-state index is 13.0. The lowest BCUT2D eigenvalue weighted by atomic mass is 10.2. The van der Waals surface area contributed by atoms with Crippen molar-refractivity contribution in [2.75, 3.05) is 13.1 Å². The number of halogens is 1. The van der Waals surface area contributed by atoms with Gasteiger partial charge in [0.15, 0.2) is 0 Å². The van der Waals surface area contributed by atoms with E-state index in [-0.39, 0.29) is 12.5 Å². The standard InChI is InChI=1S/C12H21FN2O3/c1-8(14-11(17)18-12(2,3)4)10(16)15-6-5-9(13)7-15/h8-9H,5-7H2,1-4H3,(H,14,17). The summed E-state index contributed by atoms with van der Waals surface area (Å²) < 4.78 is 18.0. The van der Waals surface area contributed by atoms with Crippen LogP contribution in [0.1, 0.15) is 34.1 Å². The number of rotatable bonds is 2. The Morgan fingerprint density at radius 3 is 2.50 bits per heavy atom. The SMILES string of the molecule is CC(NC(=O)OC(C)(C)C)C(=O)N1CCC(F)C1. The number of nitrogens with one attached hydrogen (secondary N) is 1. The fraction of sp³-hybridized carbons (Fsp3) is 0.833. The largest absolute Gasteiger partial charge is 0.444 e. The molecule has 0 aromatic rings. The molecule has 0 saturated carbocycles. The summed E-state index contributed by atoms with van der Waals surface area (Å²) in [5.41, 5.74) is -0.607. The summed E-state index contributed by atoms with van der Waals surface area (Å²) in [4.78, 5) is 24.8. The zero-order chi connectivity index (χ0) is 13.9. The molecule has 0 aromatic carbocycles. The molecule has 0 spiro atoms. The highest BCUT2D eigenvalue weighted by molar-refractivity contribution is 5.85. The molecule has 0 bridgehead atoms. The molecule has 0 aliphatic carbocycles. The zero-order valence-electron chi connectivity index (χ0n) is 11.3. The smallest absolute Gasteiger partial charge is 0.408 e. The van der Waals surface area contributed by atoms with Crippen molar-refractivity contribution in [1.29, 1.82) is 0 Å². The molecule has 2 amide bonds. The normalized spacial score (nSPS) is 21.6. The molecule has 2 unspecified atom stereocenters. The van der Waals surface area contributed by atoms with Gasteiger partial charge in [0.05, 0.1) is 6.54 Å². The van der Waals surface area contributed by atoms with Crippen LogP contribution < -0.4 is 5.32 Å². The minimum Gasteiger partial charge on any atom is -0.444 e. The third kappa shape index (κ3) is 4.50. The molecule has 0 aromatic heterocycles. The number of likely N-dealkylation sites (tertiary alicyclic amines) is 1. The molecule has 0 radical (unpaired) electrons. The van der Waals surface area contributed by atoms with Crippen LogP contribution in [0.15, 0.2) is 0 Å². The first kappa shape index (κ1) is 14.7. The van der Waals surface area contributed by atoms with E-state index in [1.165, 1.54) is 4.90 Å². The highest BCUT2D eigenvalue weighted by Gasteiger charge is 2.30. The minimum atomic E-state index is -0.956. The average Bonchev–Trinajstić information content (AvgIpc) is 2.60. The maximum atomic E-state index is 13.0. The Balaban J connectivity index is 2.43. The van der Waals surface area contributed by atoms with Crippen molar-refractivity contribution < 1.29 is 18.7 Å². The van der Waals surface area contributed by atoms with Gasteiger partial charge in [-0.2, -0.15) is 0 Å². The quantitative estimate of drug-likeness (QED) is 0.818. The second kappa shape index (κ2) is 5.54. The van der Waals surface area contributed by atoms with Crippen molar-refractivity contribution in [3.8, 4) is 0 Å². The van der Waals surface area contributed by atoms with Crippen molar-refractivity contribution in [3.63, 3.8) is 0 Å². The summed E-state index contributed by atoms with van der Waals surface area (Å²) in [6.45, 7) is 7.31. The lowest BCUT2D eigenvalue weighted by Crippen LogP contribution is -2.47. The Labute approximate surface area is 107 Å². The van der Waals surface area contributed by atoms with Gasteiger partial charge in [-0.3, -0.25) is 4.79 Å². The first-order chi connectivity index (χ1) is 8.19. The second-order valence-electron chi connectivity index (χ2n) is 5.54. The fourth-order valence-corrected chi connectivity index (χ4v) is 1.74. The van der Waals surface area contributed by atoms with Crippen LogP contribution in [0.2, 0.25) is 0 Å². The van der Waals surface area contributed by atoms with Crippen molar-refractivity contribution in [3.05, 3.63) is 0 Å². The van der Waals surface area contributed by atoms with Crippen LogP contribution in [-0.2, 0) is 9.53 Å². The van der Waals surface area contributed by atoms with Gasteiger partial charge in [-0.15, -0.1) is 0 Å². The van der Waals surface area contributed by atoms with E-state index in [0.29, 0.717) is 13.0 Å². The maximum Gasteiger partial charge on any atom is 0.408 e. The molecule has 1 heterocycles. The summed E-state index contributed by atoms with van der Waals surface area (Å²) >= 11 is 0. The lowest BCUT2D eigenvalue weighted by Gasteiger charge is -2.24. The van der Waals surface area contributed by atoms with E-state index in [4.69, 9.17) is 4.74 Å². The molecule has 6 heteroatoms. The van der Waals surface area contributed by atoms with Crippen LogP contribution in [0.25, 0.3) is 0 Å². The van der Waals surface area contributed by atoms with Crippen LogP contribution in [0, 0.1) is 0 Å². The number of hydrogen-bond donors (Lipinski definition) is 1. The molecule has 5 nitrogen and oxygen atoms in total. The highest BCUT2D eigenvalue weighted by Crippen LogP contribution is 2.13. The molecular weight excluding hydrogens is 239 g/mol. The van der Waals surface area contributed by atoms with E-state index in [1.807, 2.05) is 0 Å². The number of amides is 2. The number of alkyl halides is 1. The minimum absolute atomic E-state index is 0.110. The summed E-state index contributed by atoms with van der Waals surface area (Å²) in [7, 11) is 0. The number of hydrogen-bond acceptors (Lipinski definition) is 3. The Kier molecular flexibility index (Phi) is 4.53. The summed E-state index contributed by atoms with van der Waals surface area (Å²) in [6, 6.07) is -0.704. The average molecular weight is 260 g/mol. The predicted octanol–water partition coefficient (Wildman–Crippen LogP) is 1.47. The van der Waals surface area contributed by atoms with Gasteiger partial charge in [-0.1, -0.05) is 0 Å². The monoisotopic (exact) mass is 260 g/mol. The number of carbonyl (C=O) groups is 2. The topological polar surface area (TPSA) is 58.6 Å². The molecule has 2 atom stereocenters. The lowest BCUT2D eigenvalue weighted by molar-refractivity contribution is -0.132. The van der Waals surface area contributed by atoms with Crippen LogP contribution in [-0.4, -0.2) is 47.8 Å². The zero-order valence-corrected chi connectivity index (χ0v) is 11.3. The van der Waals surface area contributed by atoms with E-state index in [2.05, 4.69) is 5.32 Å². The van der Waals surface area contributed by atoms with Gasteiger partial charge < -0.3 is 15.0 Å². The Hall–Kier alpha value is -1.33. The van der Waals surface area contributed by atoms with Crippen molar-refractivity contribution in [2.45, 2.75) is 51.9 Å². The van der Waals surface area contributed by atoms with Crippen LogP contribution in [0.4, 0.5) is 9.18 Å². The molecule has 1 saturated heterocycles. The van der Waals surface area contributed by atoms with Gasteiger partial charge in [0.25, 0.3) is 0 Å². The number of carbonyl (C=O) groups excluding carboxylic acids is 2. The molecule has 104 valence electrons. The Bertz CT molecular complexity index is 328. The molecule has 1 aliphatic rings. The summed E-state index contributed by atoms with van der Waals surface area (Å²) in [5.74, 6) is -0.277. The van der Waals surface area contributed by atoms with E-state index >= 15 is 0 Å². The van der Waals surface area contributed by atoms with E-state index in [0.717, 1.165) is 0 Å². The fourth-order valence-electron chi connectivity index (χ4n) is 1.74. The van der Waals surface area contributed by atoms with Crippen molar-refractivity contribution in [2.24, 2.45) is 0 Å². The Morgan fingerprint density at radius 1 is 1.44 bits per heavy atom. The molecular formula is C12H21FN2O3. The van der Waals surface area contributed by atoms with Gasteiger partial charge >= 0.3 is 6.09 Å². The van der Waals surface area contributed by atoms with E-state index < -0.39 is 23.9 Å². The third-order valence-electron chi connectivity index (χ3n) is 2.55. The molecule has 18 heavy (non-hydrogen) atoms. The molecule has 1 rings (SSSR count). The molecule has 1 fully saturated rings. The van der Waals surface area contributed by atoms with E-state index in [9.17, 15) is 14.0 Å². The number of alkyl carbamates (subject to hydrolysis) is 1. The number of nitrogens with zero attached hydrogens (tertiary/aromatic N) is 1. The molecule has 1 N–H and O–H groups in total. The number of ether oxygens (including phenoxy) is 1. The third-order valence-corrected chi connectivity index (χ3v) is 2.55. The van der Waals surface area contributed by atoms with E-state index in [1.54, 1.807) is 27.7 Å². The molecule has 1 aliphatic heterocycles. The van der Waals surface area contributed by atoms with Gasteiger partial charge in [-0.05, 0) is 34.1 Å². The Morgan fingerprint density at radius 2 is 2.06 bits per heavy atom. The van der Waals surface area contributed by atoms with Crippen molar-refractivity contribution in [1.82, 2.24) is 10.2 Å². The van der Waals surface area contributed by atoms with Crippen LogP contribution >= 0.6 is 0 Å². The van der Waals surface area contributed by atoms with Gasteiger partial charge in [0.1, 0.15) is 17.8 Å². The van der Waals surface area contributed by atoms with Gasteiger partial charge in [-0.25, -0.2) is 9.18 Å². The first-order valence-electron chi connectivity index (χ1n) is 6.11. The van der Waals surface area contributed by atoms with Crippen LogP contribution in [0.5, 0.6) is 0 Å². The van der Waals surface area contributed by atoms with Crippen LogP contribution in [0.3, 0.4) is 0 Å². The summed E-state index contributed by atoms with van der Waals surface area (Å²) in [5, 5.41) is 2.45. The van der Waals surface area contributed by atoms with Gasteiger partial charge in [0, 0.05) is 6.54 Å². The second-order valence-corrected chi connectivity index (χ2v) is 5.54. The van der Waals surface area contributed by atoms with Crippen molar-refractivity contribution >= 4 is 12.0 Å². The summed E-state index contributed by atoms with van der Waals surface area (Å²) in [6.07, 6.45) is -1.23.